The first-order valence-electron chi connectivity index (χ1n) is 7.45. The highest BCUT2D eigenvalue weighted by Gasteiger charge is 2.35. The smallest absolute Gasteiger partial charge is 0.308 e. The molecule has 1 heterocycles. The zero-order valence-electron chi connectivity index (χ0n) is 13.2. The summed E-state index contributed by atoms with van der Waals surface area (Å²) in [5.41, 5.74) is 0.410. The topological polar surface area (TPSA) is 84.9 Å². The van der Waals surface area contributed by atoms with Crippen molar-refractivity contribution in [2.24, 2.45) is 0 Å². The summed E-state index contributed by atoms with van der Waals surface area (Å²) < 4.78 is 10.00. The normalized spacial score (nSPS) is 17.4. The predicted octanol–water partition coefficient (Wildman–Crippen LogP) is 0.589. The predicted molar refractivity (Wildman–Crippen MR) is 82.1 cm³/mol. The summed E-state index contributed by atoms with van der Waals surface area (Å²) >= 11 is 0. The number of methoxy groups -OCH3 is 1. The zero-order chi connectivity index (χ0) is 16.8. The van der Waals surface area contributed by atoms with Gasteiger partial charge in [0.1, 0.15) is 11.8 Å². The Labute approximate surface area is 134 Å². The van der Waals surface area contributed by atoms with Gasteiger partial charge in [-0.15, -0.1) is 0 Å². The Morgan fingerprint density at radius 3 is 2.87 bits per heavy atom. The molecule has 1 aliphatic rings. The molecule has 1 aromatic rings. The molecule has 2 amide bonds. The molecule has 1 N–H and O–H groups in total. The first-order chi connectivity index (χ1) is 11.1. The molecule has 1 saturated heterocycles. The van der Waals surface area contributed by atoms with Crippen molar-refractivity contribution in [1.82, 2.24) is 10.2 Å². The number of benzene rings is 1. The minimum Gasteiger partial charge on any atom is -0.497 e. The number of hydrogen-bond donors (Lipinski definition) is 1. The van der Waals surface area contributed by atoms with Crippen molar-refractivity contribution in [3.8, 4) is 5.75 Å². The third-order valence-electron chi connectivity index (χ3n) is 3.57. The molecule has 0 aromatic heterocycles. The van der Waals surface area contributed by atoms with Gasteiger partial charge in [0.2, 0.25) is 5.91 Å². The number of piperazine rings is 1. The van der Waals surface area contributed by atoms with E-state index in [0.29, 0.717) is 24.4 Å². The van der Waals surface area contributed by atoms with Crippen LogP contribution in [-0.2, 0) is 14.3 Å². The van der Waals surface area contributed by atoms with Crippen LogP contribution in [-0.4, -0.2) is 55.5 Å². The number of carbonyl (C=O) groups is 3. The molecule has 1 aromatic carbocycles. The van der Waals surface area contributed by atoms with E-state index in [0.717, 1.165) is 0 Å². The second-order valence-electron chi connectivity index (χ2n) is 5.05. The summed E-state index contributed by atoms with van der Waals surface area (Å²) in [7, 11) is 1.52. The van der Waals surface area contributed by atoms with Gasteiger partial charge in [-0.25, -0.2) is 0 Å². The van der Waals surface area contributed by atoms with Crippen LogP contribution in [0.1, 0.15) is 23.7 Å². The number of ether oxygens (including phenoxy) is 2. The van der Waals surface area contributed by atoms with Gasteiger partial charge in [-0.05, 0) is 25.1 Å². The highest BCUT2D eigenvalue weighted by Crippen LogP contribution is 2.18. The molecule has 0 aliphatic carbocycles. The number of amides is 2. The van der Waals surface area contributed by atoms with E-state index in [4.69, 9.17) is 9.47 Å². The van der Waals surface area contributed by atoms with Crippen molar-refractivity contribution in [3.05, 3.63) is 29.8 Å². The van der Waals surface area contributed by atoms with Crippen LogP contribution in [0.4, 0.5) is 0 Å². The molecule has 0 saturated carbocycles. The summed E-state index contributed by atoms with van der Waals surface area (Å²) in [6.45, 7) is 2.62. The average molecular weight is 320 g/mol. The molecule has 1 fully saturated rings. The minimum atomic E-state index is -0.860. The van der Waals surface area contributed by atoms with Crippen LogP contribution < -0.4 is 10.1 Å². The van der Waals surface area contributed by atoms with E-state index < -0.39 is 12.0 Å². The Bertz CT molecular complexity index is 602. The molecule has 0 spiro atoms. The minimum absolute atomic E-state index is 0.157. The lowest BCUT2D eigenvalue weighted by Gasteiger charge is -2.34. The first-order valence-corrected chi connectivity index (χ1v) is 7.45. The number of nitrogens with one attached hydrogen (secondary N) is 1. The maximum atomic E-state index is 12.7. The van der Waals surface area contributed by atoms with Crippen LogP contribution in [0, 0.1) is 0 Å². The number of carbonyl (C=O) groups excluding carboxylic acids is 3. The Kier molecular flexibility index (Phi) is 5.56. The van der Waals surface area contributed by atoms with Crippen molar-refractivity contribution >= 4 is 17.8 Å². The van der Waals surface area contributed by atoms with Gasteiger partial charge >= 0.3 is 5.97 Å². The van der Waals surface area contributed by atoms with E-state index in [-0.39, 0.29) is 24.8 Å². The van der Waals surface area contributed by atoms with Crippen molar-refractivity contribution in [2.75, 3.05) is 26.8 Å². The molecule has 0 radical (unpaired) electrons. The van der Waals surface area contributed by atoms with E-state index in [1.807, 2.05) is 0 Å². The third-order valence-corrected chi connectivity index (χ3v) is 3.57. The van der Waals surface area contributed by atoms with Gasteiger partial charge in [-0.3, -0.25) is 14.4 Å². The number of rotatable bonds is 5. The van der Waals surface area contributed by atoms with Crippen molar-refractivity contribution < 1.29 is 23.9 Å². The zero-order valence-corrected chi connectivity index (χ0v) is 13.2. The van der Waals surface area contributed by atoms with Crippen LogP contribution in [0.3, 0.4) is 0 Å². The maximum Gasteiger partial charge on any atom is 0.308 e. The van der Waals surface area contributed by atoms with E-state index in [1.54, 1.807) is 31.2 Å². The molecule has 0 bridgehead atoms. The Hall–Kier alpha value is -2.57. The summed E-state index contributed by atoms with van der Waals surface area (Å²) in [5, 5.41) is 2.67. The number of hydrogen-bond acceptors (Lipinski definition) is 5. The molecule has 1 aliphatic heterocycles. The monoisotopic (exact) mass is 320 g/mol. The molecular weight excluding hydrogens is 300 g/mol. The Balaban J connectivity index is 2.20. The van der Waals surface area contributed by atoms with Crippen LogP contribution in [0.2, 0.25) is 0 Å². The molecule has 1 atom stereocenters. The largest absolute Gasteiger partial charge is 0.497 e. The third kappa shape index (κ3) is 4.00. The molecule has 0 unspecified atom stereocenters. The molecule has 7 nitrogen and oxygen atoms in total. The second kappa shape index (κ2) is 7.62. The lowest BCUT2D eigenvalue weighted by molar-refractivity contribution is -0.147. The van der Waals surface area contributed by atoms with Gasteiger partial charge in [-0.1, -0.05) is 6.07 Å². The van der Waals surface area contributed by atoms with Crippen LogP contribution in [0.15, 0.2) is 24.3 Å². The Morgan fingerprint density at radius 2 is 2.17 bits per heavy atom. The molecule has 124 valence electrons. The SMILES string of the molecule is CCOC(=O)C[C@@H]1C(=O)NCCN1C(=O)c1cccc(OC)c1. The van der Waals surface area contributed by atoms with Gasteiger partial charge in [0, 0.05) is 18.7 Å². The van der Waals surface area contributed by atoms with Crippen molar-refractivity contribution in [3.63, 3.8) is 0 Å². The van der Waals surface area contributed by atoms with Gasteiger partial charge < -0.3 is 19.7 Å². The van der Waals surface area contributed by atoms with E-state index in [1.165, 1.54) is 12.0 Å². The standard InChI is InChI=1S/C16H20N2O5/c1-3-23-14(19)10-13-15(20)17-7-8-18(13)16(21)11-5-4-6-12(9-11)22-2/h4-6,9,13H,3,7-8,10H2,1-2H3,(H,17,20)/t13-/m1/s1. The first kappa shape index (κ1) is 16.8. The quantitative estimate of drug-likeness (QED) is 0.803. The van der Waals surface area contributed by atoms with Gasteiger partial charge in [0.05, 0.1) is 20.1 Å². The highest BCUT2D eigenvalue weighted by atomic mass is 16.5. The van der Waals surface area contributed by atoms with E-state index in [2.05, 4.69) is 5.32 Å². The lowest BCUT2D eigenvalue weighted by Crippen LogP contribution is -2.57. The van der Waals surface area contributed by atoms with Crippen molar-refractivity contribution in [2.45, 2.75) is 19.4 Å². The molecular formula is C16H20N2O5. The summed E-state index contributed by atoms with van der Waals surface area (Å²) in [4.78, 5) is 37.9. The van der Waals surface area contributed by atoms with Gasteiger partial charge in [0.15, 0.2) is 0 Å². The van der Waals surface area contributed by atoms with E-state index in [9.17, 15) is 14.4 Å². The summed E-state index contributed by atoms with van der Waals surface area (Å²) in [6, 6.07) is 5.84. The Morgan fingerprint density at radius 1 is 1.39 bits per heavy atom. The van der Waals surface area contributed by atoms with Crippen molar-refractivity contribution in [1.29, 1.82) is 0 Å². The van der Waals surface area contributed by atoms with Crippen LogP contribution in [0.25, 0.3) is 0 Å². The summed E-state index contributed by atoms with van der Waals surface area (Å²) in [6.07, 6.45) is -0.157. The fourth-order valence-corrected chi connectivity index (χ4v) is 2.46. The van der Waals surface area contributed by atoms with Gasteiger partial charge in [-0.2, -0.15) is 0 Å². The van der Waals surface area contributed by atoms with Crippen LogP contribution in [0.5, 0.6) is 5.75 Å². The van der Waals surface area contributed by atoms with E-state index >= 15 is 0 Å². The van der Waals surface area contributed by atoms with Gasteiger partial charge in [0.25, 0.3) is 5.91 Å². The summed E-state index contributed by atoms with van der Waals surface area (Å²) in [5.74, 6) is -0.606. The number of nitrogens with zero attached hydrogens (tertiary/aromatic N) is 1. The average Bonchev–Trinajstić information content (AvgIpc) is 2.56. The maximum absolute atomic E-state index is 12.7. The van der Waals surface area contributed by atoms with Crippen LogP contribution >= 0.6 is 0 Å². The highest BCUT2D eigenvalue weighted by molar-refractivity contribution is 5.99. The fraction of sp³-hybridized carbons (Fsp3) is 0.438. The fourth-order valence-electron chi connectivity index (χ4n) is 2.46. The number of esters is 1. The second-order valence-corrected chi connectivity index (χ2v) is 5.05. The molecule has 7 heteroatoms. The molecule has 23 heavy (non-hydrogen) atoms. The molecule has 2 rings (SSSR count). The lowest BCUT2D eigenvalue weighted by atomic mass is 10.1.